The van der Waals surface area contributed by atoms with Crippen LogP contribution in [0.1, 0.15) is 18.2 Å². The molecule has 5 nitrogen and oxygen atoms in total. The number of ether oxygens (including phenoxy) is 1. The van der Waals surface area contributed by atoms with E-state index in [-0.39, 0.29) is 0 Å². The standard InChI is InChI=1S/C12H15ClN4O/c1-3-14-6-9-5-11(15-7-10(9)13)18-12-4-8(2)16-17-12/h4-5,7,14H,3,6H2,1-2H3,(H,16,17). The number of aromatic amines is 1. The lowest BCUT2D eigenvalue weighted by atomic mass is 10.2. The Hall–Kier alpha value is -1.59. The van der Waals surface area contributed by atoms with Crippen LogP contribution in [0.5, 0.6) is 11.8 Å². The van der Waals surface area contributed by atoms with Gasteiger partial charge in [-0.3, -0.25) is 5.10 Å². The van der Waals surface area contributed by atoms with Crippen LogP contribution in [0, 0.1) is 6.92 Å². The van der Waals surface area contributed by atoms with E-state index in [1.54, 1.807) is 12.3 Å². The van der Waals surface area contributed by atoms with Crippen molar-refractivity contribution in [3.8, 4) is 11.8 Å². The molecule has 96 valence electrons. The highest BCUT2D eigenvalue weighted by Crippen LogP contribution is 2.22. The van der Waals surface area contributed by atoms with E-state index < -0.39 is 0 Å². The minimum absolute atomic E-state index is 0.485. The number of hydrogen-bond donors (Lipinski definition) is 2. The van der Waals surface area contributed by atoms with E-state index in [0.29, 0.717) is 23.3 Å². The third-order valence-corrected chi connectivity index (χ3v) is 2.71. The summed E-state index contributed by atoms with van der Waals surface area (Å²) in [7, 11) is 0. The lowest BCUT2D eigenvalue weighted by Crippen LogP contribution is -2.12. The van der Waals surface area contributed by atoms with E-state index in [2.05, 4.69) is 20.5 Å². The Morgan fingerprint density at radius 3 is 2.89 bits per heavy atom. The lowest BCUT2D eigenvalue weighted by Gasteiger charge is -2.07. The minimum atomic E-state index is 0.485. The SMILES string of the molecule is CCNCc1cc(Oc2cc(C)[nH]n2)ncc1Cl. The van der Waals surface area contributed by atoms with Gasteiger partial charge in [0.25, 0.3) is 0 Å². The first-order valence-electron chi connectivity index (χ1n) is 5.74. The lowest BCUT2D eigenvalue weighted by molar-refractivity contribution is 0.442. The molecule has 0 spiro atoms. The second-order valence-electron chi connectivity index (χ2n) is 3.89. The molecule has 0 radical (unpaired) electrons. The fourth-order valence-corrected chi connectivity index (χ4v) is 1.63. The number of hydrogen-bond acceptors (Lipinski definition) is 4. The van der Waals surface area contributed by atoms with Crippen LogP contribution in [0.2, 0.25) is 5.02 Å². The van der Waals surface area contributed by atoms with Crippen molar-refractivity contribution in [1.82, 2.24) is 20.5 Å². The number of halogens is 1. The molecule has 2 heterocycles. The first-order chi connectivity index (χ1) is 8.69. The number of H-pyrrole nitrogens is 1. The zero-order chi connectivity index (χ0) is 13.0. The smallest absolute Gasteiger partial charge is 0.240 e. The van der Waals surface area contributed by atoms with Gasteiger partial charge in [0.1, 0.15) is 0 Å². The average molecular weight is 267 g/mol. The van der Waals surface area contributed by atoms with Gasteiger partial charge in [0, 0.05) is 30.6 Å². The van der Waals surface area contributed by atoms with E-state index in [1.165, 1.54) is 0 Å². The molecule has 0 atom stereocenters. The first kappa shape index (κ1) is 12.9. The topological polar surface area (TPSA) is 62.8 Å². The van der Waals surface area contributed by atoms with Crippen LogP contribution in [0.15, 0.2) is 18.3 Å². The second-order valence-corrected chi connectivity index (χ2v) is 4.29. The maximum absolute atomic E-state index is 6.06. The Morgan fingerprint density at radius 2 is 2.22 bits per heavy atom. The molecule has 0 unspecified atom stereocenters. The van der Waals surface area contributed by atoms with Crippen LogP contribution in [-0.4, -0.2) is 21.7 Å². The van der Waals surface area contributed by atoms with Gasteiger partial charge in [-0.1, -0.05) is 18.5 Å². The molecule has 0 saturated heterocycles. The van der Waals surface area contributed by atoms with Gasteiger partial charge in [0.2, 0.25) is 11.8 Å². The molecule has 0 aromatic carbocycles. The van der Waals surface area contributed by atoms with Gasteiger partial charge in [-0.05, 0) is 19.0 Å². The summed E-state index contributed by atoms with van der Waals surface area (Å²) in [5.74, 6) is 0.982. The van der Waals surface area contributed by atoms with Gasteiger partial charge >= 0.3 is 0 Å². The Balaban J connectivity index is 2.13. The van der Waals surface area contributed by atoms with Gasteiger partial charge in [-0.2, -0.15) is 0 Å². The number of pyridine rings is 1. The monoisotopic (exact) mass is 266 g/mol. The highest BCUT2D eigenvalue weighted by Gasteiger charge is 2.06. The van der Waals surface area contributed by atoms with Crippen LogP contribution in [0.3, 0.4) is 0 Å². The third kappa shape index (κ3) is 3.21. The average Bonchev–Trinajstić information content (AvgIpc) is 2.75. The summed E-state index contributed by atoms with van der Waals surface area (Å²) in [5, 5.41) is 10.6. The summed E-state index contributed by atoms with van der Waals surface area (Å²) >= 11 is 6.06. The number of rotatable bonds is 5. The van der Waals surface area contributed by atoms with E-state index in [1.807, 2.05) is 19.9 Å². The molecule has 0 aliphatic rings. The van der Waals surface area contributed by atoms with Crippen LogP contribution in [0.4, 0.5) is 0 Å². The molecule has 2 N–H and O–H groups in total. The Labute approximate surface area is 111 Å². The molecule has 2 aromatic heterocycles. The molecule has 0 bridgehead atoms. The van der Waals surface area contributed by atoms with Crippen molar-refractivity contribution in [3.63, 3.8) is 0 Å². The summed E-state index contributed by atoms with van der Waals surface area (Å²) in [5.41, 5.74) is 1.89. The third-order valence-electron chi connectivity index (χ3n) is 2.37. The molecule has 0 amide bonds. The predicted molar refractivity (Wildman–Crippen MR) is 70.0 cm³/mol. The van der Waals surface area contributed by atoms with Gasteiger partial charge in [0.05, 0.1) is 5.02 Å². The van der Waals surface area contributed by atoms with Crippen LogP contribution < -0.4 is 10.1 Å². The second kappa shape index (κ2) is 5.84. The van der Waals surface area contributed by atoms with Crippen molar-refractivity contribution in [2.45, 2.75) is 20.4 Å². The largest absolute Gasteiger partial charge is 0.419 e. The molecular formula is C12H15ClN4O. The fourth-order valence-electron chi connectivity index (χ4n) is 1.46. The van der Waals surface area contributed by atoms with Crippen molar-refractivity contribution < 1.29 is 4.74 Å². The molecule has 6 heteroatoms. The molecule has 0 aliphatic carbocycles. The molecular weight excluding hydrogens is 252 g/mol. The predicted octanol–water partition coefficient (Wildman–Crippen LogP) is 2.67. The van der Waals surface area contributed by atoms with Crippen molar-refractivity contribution >= 4 is 11.6 Å². The number of nitrogens with one attached hydrogen (secondary N) is 2. The van der Waals surface area contributed by atoms with Gasteiger partial charge in [-0.25, -0.2) is 4.98 Å². The zero-order valence-corrected chi connectivity index (χ0v) is 11.1. The summed E-state index contributed by atoms with van der Waals surface area (Å²) in [6, 6.07) is 3.62. The molecule has 2 aromatic rings. The van der Waals surface area contributed by atoms with Crippen molar-refractivity contribution in [2.75, 3.05) is 6.54 Å². The summed E-state index contributed by atoms with van der Waals surface area (Å²) in [6.07, 6.45) is 1.59. The molecule has 18 heavy (non-hydrogen) atoms. The van der Waals surface area contributed by atoms with E-state index >= 15 is 0 Å². The van der Waals surface area contributed by atoms with Crippen molar-refractivity contribution in [3.05, 3.63) is 34.6 Å². The number of aryl methyl sites for hydroxylation is 1. The van der Waals surface area contributed by atoms with E-state index in [0.717, 1.165) is 17.8 Å². The summed E-state index contributed by atoms with van der Waals surface area (Å²) in [4.78, 5) is 4.12. The van der Waals surface area contributed by atoms with Gasteiger partial charge in [-0.15, -0.1) is 5.10 Å². The normalized spacial score (nSPS) is 10.6. The molecule has 0 aliphatic heterocycles. The van der Waals surface area contributed by atoms with Crippen molar-refractivity contribution in [2.24, 2.45) is 0 Å². The van der Waals surface area contributed by atoms with Crippen LogP contribution >= 0.6 is 11.6 Å². The van der Waals surface area contributed by atoms with Gasteiger partial charge < -0.3 is 10.1 Å². The minimum Gasteiger partial charge on any atom is -0.419 e. The summed E-state index contributed by atoms with van der Waals surface area (Å²) in [6.45, 7) is 5.52. The maximum atomic E-state index is 6.06. The number of aromatic nitrogens is 3. The Bertz CT molecular complexity index is 527. The number of nitrogens with zero attached hydrogens (tertiary/aromatic N) is 2. The highest BCUT2D eigenvalue weighted by atomic mass is 35.5. The maximum Gasteiger partial charge on any atom is 0.240 e. The van der Waals surface area contributed by atoms with Crippen LogP contribution in [-0.2, 0) is 6.54 Å². The highest BCUT2D eigenvalue weighted by molar-refractivity contribution is 6.31. The van der Waals surface area contributed by atoms with E-state index in [9.17, 15) is 0 Å². The first-order valence-corrected chi connectivity index (χ1v) is 6.12. The van der Waals surface area contributed by atoms with Gasteiger partial charge in [0.15, 0.2) is 0 Å². The van der Waals surface area contributed by atoms with Crippen LogP contribution in [0.25, 0.3) is 0 Å². The fraction of sp³-hybridized carbons (Fsp3) is 0.333. The Kier molecular flexibility index (Phi) is 4.17. The zero-order valence-electron chi connectivity index (χ0n) is 10.3. The quantitative estimate of drug-likeness (QED) is 0.873. The molecule has 0 fully saturated rings. The Morgan fingerprint density at radius 1 is 1.39 bits per heavy atom. The molecule has 0 saturated carbocycles. The van der Waals surface area contributed by atoms with E-state index in [4.69, 9.17) is 16.3 Å². The summed E-state index contributed by atoms with van der Waals surface area (Å²) < 4.78 is 5.53. The van der Waals surface area contributed by atoms with Crippen molar-refractivity contribution in [1.29, 1.82) is 0 Å². The molecule has 2 rings (SSSR count).